The van der Waals surface area contributed by atoms with Crippen LogP contribution in [0.15, 0.2) is 48.8 Å². The molecule has 0 saturated carbocycles. The fourth-order valence-corrected chi connectivity index (χ4v) is 2.89. The Bertz CT molecular complexity index is 978. The summed E-state index contributed by atoms with van der Waals surface area (Å²) in [6, 6.07) is 12.0. The van der Waals surface area contributed by atoms with Crippen LogP contribution in [0.5, 0.6) is 0 Å². The van der Waals surface area contributed by atoms with Crippen molar-refractivity contribution in [1.29, 1.82) is 0 Å². The second kappa shape index (κ2) is 4.38. The molecule has 0 spiro atoms. The second-order valence-corrected chi connectivity index (χ2v) is 4.98. The van der Waals surface area contributed by atoms with Crippen LogP contribution in [0.3, 0.4) is 0 Å². The number of rotatable bonds is 2. The number of nitrogens with zero attached hydrogens (tertiary/aromatic N) is 1. The standard InChI is InChI=1S/C17H14N2O2/c1-2-21-17(20)13-8-10-19-9-7-12-11-5-3-4-6-14(11)18-15(12)16(13)19/h3-10,18H,2H2,1H3. The van der Waals surface area contributed by atoms with Gasteiger partial charge >= 0.3 is 5.97 Å². The number of benzene rings is 1. The summed E-state index contributed by atoms with van der Waals surface area (Å²) < 4.78 is 7.10. The molecule has 1 N–H and O–H groups in total. The molecule has 0 aliphatic rings. The van der Waals surface area contributed by atoms with E-state index >= 15 is 0 Å². The largest absolute Gasteiger partial charge is 0.462 e. The molecule has 0 aliphatic carbocycles. The molecule has 0 bridgehead atoms. The molecule has 4 rings (SSSR count). The summed E-state index contributed by atoms with van der Waals surface area (Å²) in [7, 11) is 0. The third-order valence-electron chi connectivity index (χ3n) is 3.80. The van der Waals surface area contributed by atoms with Gasteiger partial charge in [0.2, 0.25) is 0 Å². The first-order chi connectivity index (χ1) is 10.3. The van der Waals surface area contributed by atoms with Gasteiger partial charge in [0, 0.05) is 28.7 Å². The molecule has 0 unspecified atom stereocenters. The van der Waals surface area contributed by atoms with Gasteiger partial charge in [0.25, 0.3) is 0 Å². The topological polar surface area (TPSA) is 46.5 Å². The number of H-pyrrole nitrogens is 1. The van der Waals surface area contributed by atoms with Crippen molar-refractivity contribution in [2.24, 2.45) is 0 Å². The van der Waals surface area contributed by atoms with Crippen molar-refractivity contribution in [1.82, 2.24) is 9.38 Å². The van der Waals surface area contributed by atoms with Crippen LogP contribution in [-0.4, -0.2) is 22.0 Å². The third-order valence-corrected chi connectivity index (χ3v) is 3.80. The van der Waals surface area contributed by atoms with Crippen molar-refractivity contribution < 1.29 is 9.53 Å². The summed E-state index contributed by atoms with van der Waals surface area (Å²) in [6.45, 7) is 2.19. The molecule has 4 aromatic rings. The molecule has 1 aromatic carbocycles. The Morgan fingerprint density at radius 1 is 1.14 bits per heavy atom. The molecule has 0 amide bonds. The monoisotopic (exact) mass is 278 g/mol. The lowest BCUT2D eigenvalue weighted by atomic mass is 10.1. The summed E-state index contributed by atoms with van der Waals surface area (Å²) >= 11 is 0. The molecule has 0 aliphatic heterocycles. The van der Waals surface area contributed by atoms with Crippen LogP contribution in [0.2, 0.25) is 0 Å². The summed E-state index contributed by atoms with van der Waals surface area (Å²) in [6.07, 6.45) is 3.85. The lowest BCUT2D eigenvalue weighted by Crippen LogP contribution is -2.04. The Hall–Kier alpha value is -2.75. The average Bonchev–Trinajstić information content (AvgIpc) is 3.08. The molecular formula is C17H14N2O2. The van der Waals surface area contributed by atoms with E-state index in [1.54, 1.807) is 6.07 Å². The minimum absolute atomic E-state index is 0.286. The van der Waals surface area contributed by atoms with Crippen LogP contribution < -0.4 is 0 Å². The van der Waals surface area contributed by atoms with Crippen molar-refractivity contribution in [2.45, 2.75) is 6.92 Å². The Balaban J connectivity index is 2.12. The molecule has 4 heteroatoms. The second-order valence-electron chi connectivity index (χ2n) is 4.98. The van der Waals surface area contributed by atoms with E-state index in [4.69, 9.17) is 4.74 Å². The van der Waals surface area contributed by atoms with E-state index in [1.807, 2.05) is 41.9 Å². The van der Waals surface area contributed by atoms with Crippen molar-refractivity contribution in [3.8, 4) is 0 Å². The lowest BCUT2D eigenvalue weighted by Gasteiger charge is -2.02. The Kier molecular flexibility index (Phi) is 2.51. The van der Waals surface area contributed by atoms with Gasteiger partial charge in [0.1, 0.15) is 0 Å². The Morgan fingerprint density at radius 2 is 1.95 bits per heavy atom. The van der Waals surface area contributed by atoms with Gasteiger partial charge in [0.15, 0.2) is 0 Å². The summed E-state index contributed by atoms with van der Waals surface area (Å²) in [5.74, 6) is -0.286. The van der Waals surface area contributed by atoms with Gasteiger partial charge < -0.3 is 14.1 Å². The zero-order chi connectivity index (χ0) is 14.4. The average molecular weight is 278 g/mol. The van der Waals surface area contributed by atoms with Crippen molar-refractivity contribution in [2.75, 3.05) is 6.61 Å². The fraction of sp³-hybridized carbons (Fsp3) is 0.118. The number of para-hydroxylation sites is 1. The first-order valence-electron chi connectivity index (χ1n) is 6.97. The van der Waals surface area contributed by atoms with Gasteiger partial charge in [-0.25, -0.2) is 4.79 Å². The fourth-order valence-electron chi connectivity index (χ4n) is 2.89. The number of ether oxygens (including phenoxy) is 1. The number of carbonyl (C=O) groups excluding carboxylic acids is 1. The quantitative estimate of drug-likeness (QED) is 0.568. The normalized spacial score (nSPS) is 11.5. The maximum absolute atomic E-state index is 12.1. The van der Waals surface area contributed by atoms with E-state index in [0.29, 0.717) is 12.2 Å². The van der Waals surface area contributed by atoms with Crippen LogP contribution in [0, 0.1) is 0 Å². The number of aromatic nitrogens is 2. The van der Waals surface area contributed by atoms with E-state index in [0.717, 1.165) is 27.3 Å². The van der Waals surface area contributed by atoms with Crippen LogP contribution in [-0.2, 0) is 4.74 Å². The predicted molar refractivity (Wildman–Crippen MR) is 82.7 cm³/mol. The van der Waals surface area contributed by atoms with Crippen molar-refractivity contribution in [3.05, 3.63) is 54.4 Å². The van der Waals surface area contributed by atoms with Gasteiger partial charge in [-0.05, 0) is 25.1 Å². The van der Waals surface area contributed by atoms with E-state index in [2.05, 4.69) is 17.1 Å². The Morgan fingerprint density at radius 3 is 2.81 bits per heavy atom. The highest BCUT2D eigenvalue weighted by molar-refractivity contribution is 6.15. The molecule has 0 saturated heterocycles. The minimum atomic E-state index is -0.286. The molecule has 3 heterocycles. The SMILES string of the molecule is CCOC(=O)c1ccn2ccc3c4ccccc4[nH]c3c12. The van der Waals surface area contributed by atoms with Crippen molar-refractivity contribution >= 4 is 33.3 Å². The van der Waals surface area contributed by atoms with Gasteiger partial charge in [-0.3, -0.25) is 0 Å². The Labute approximate surface area is 120 Å². The van der Waals surface area contributed by atoms with E-state index in [9.17, 15) is 4.79 Å². The summed E-state index contributed by atoms with van der Waals surface area (Å²) in [5.41, 5.74) is 3.49. The summed E-state index contributed by atoms with van der Waals surface area (Å²) in [5, 5.41) is 2.27. The molecule has 21 heavy (non-hydrogen) atoms. The van der Waals surface area contributed by atoms with Gasteiger partial charge in [-0.1, -0.05) is 18.2 Å². The first-order valence-corrected chi connectivity index (χ1v) is 6.97. The highest BCUT2D eigenvalue weighted by atomic mass is 16.5. The van der Waals surface area contributed by atoms with Crippen LogP contribution in [0.25, 0.3) is 27.3 Å². The molecular weight excluding hydrogens is 264 g/mol. The number of pyridine rings is 1. The van der Waals surface area contributed by atoms with E-state index in [1.165, 1.54) is 0 Å². The highest BCUT2D eigenvalue weighted by Gasteiger charge is 2.16. The van der Waals surface area contributed by atoms with Crippen LogP contribution >= 0.6 is 0 Å². The number of fused-ring (bicyclic) bond motifs is 5. The van der Waals surface area contributed by atoms with Gasteiger partial charge in [-0.2, -0.15) is 0 Å². The maximum atomic E-state index is 12.1. The van der Waals surface area contributed by atoms with E-state index in [-0.39, 0.29) is 5.97 Å². The lowest BCUT2D eigenvalue weighted by molar-refractivity contribution is 0.0529. The number of hydrogen-bond donors (Lipinski definition) is 1. The number of hydrogen-bond acceptors (Lipinski definition) is 2. The molecule has 0 fully saturated rings. The number of carbonyl (C=O) groups is 1. The molecule has 104 valence electrons. The zero-order valence-electron chi connectivity index (χ0n) is 11.6. The molecule has 4 nitrogen and oxygen atoms in total. The molecule has 0 radical (unpaired) electrons. The first kappa shape index (κ1) is 12.0. The van der Waals surface area contributed by atoms with Gasteiger partial charge in [-0.15, -0.1) is 0 Å². The molecule has 3 aromatic heterocycles. The summed E-state index contributed by atoms with van der Waals surface area (Å²) in [4.78, 5) is 15.5. The smallest absolute Gasteiger partial charge is 0.340 e. The minimum Gasteiger partial charge on any atom is -0.462 e. The molecule has 0 atom stereocenters. The van der Waals surface area contributed by atoms with E-state index < -0.39 is 0 Å². The number of aromatic amines is 1. The van der Waals surface area contributed by atoms with Gasteiger partial charge in [0.05, 0.1) is 23.2 Å². The van der Waals surface area contributed by atoms with Crippen molar-refractivity contribution in [3.63, 3.8) is 0 Å². The highest BCUT2D eigenvalue weighted by Crippen LogP contribution is 2.30. The maximum Gasteiger partial charge on any atom is 0.340 e. The van der Waals surface area contributed by atoms with Crippen LogP contribution in [0.4, 0.5) is 0 Å². The number of nitrogens with one attached hydrogen (secondary N) is 1. The zero-order valence-corrected chi connectivity index (χ0v) is 11.6. The third kappa shape index (κ3) is 1.65. The predicted octanol–water partition coefficient (Wildman–Crippen LogP) is 3.75. The number of esters is 1. The van der Waals surface area contributed by atoms with Crippen LogP contribution in [0.1, 0.15) is 17.3 Å².